The van der Waals surface area contributed by atoms with Gasteiger partial charge in [0.25, 0.3) is 0 Å². The van der Waals surface area contributed by atoms with Gasteiger partial charge < -0.3 is 4.74 Å². The van der Waals surface area contributed by atoms with Crippen LogP contribution in [0.15, 0.2) is 54.6 Å². The third-order valence-corrected chi connectivity index (χ3v) is 3.68. The van der Waals surface area contributed by atoms with E-state index >= 15 is 0 Å². The Morgan fingerprint density at radius 2 is 1.65 bits per heavy atom. The molecule has 3 nitrogen and oxygen atoms in total. The van der Waals surface area contributed by atoms with E-state index in [1.54, 1.807) is 0 Å². The third kappa shape index (κ3) is 2.95. The smallest absolute Gasteiger partial charge is 0.340 e. The van der Waals surface area contributed by atoms with Crippen LogP contribution in [0.25, 0.3) is 22.0 Å². The summed E-state index contributed by atoms with van der Waals surface area (Å²) >= 11 is 0. The number of carbonyl (C=O) groups excluding carboxylic acids is 1. The molecule has 0 aliphatic heterocycles. The van der Waals surface area contributed by atoms with Crippen molar-refractivity contribution in [3.8, 4) is 11.1 Å². The number of benzene rings is 2. The van der Waals surface area contributed by atoms with Crippen LogP contribution in [0.1, 0.15) is 29.9 Å². The van der Waals surface area contributed by atoms with Gasteiger partial charge in [-0.25, -0.2) is 4.79 Å². The Bertz CT molecular complexity index is 854. The molecule has 3 heteroatoms. The van der Waals surface area contributed by atoms with Crippen molar-refractivity contribution in [1.29, 1.82) is 0 Å². The Morgan fingerprint density at radius 1 is 1.00 bits per heavy atom. The molecule has 0 spiro atoms. The van der Waals surface area contributed by atoms with Gasteiger partial charge in [-0.05, 0) is 32.4 Å². The van der Waals surface area contributed by atoms with Crippen LogP contribution in [0, 0.1) is 6.92 Å². The highest BCUT2D eigenvalue weighted by Gasteiger charge is 2.22. The SMILES string of the molecule is Cc1nc2ccccc2c(-c2ccccc2)c1C(=O)OC(C)C. The molecule has 116 valence electrons. The molecule has 0 aliphatic carbocycles. The Hall–Kier alpha value is -2.68. The van der Waals surface area contributed by atoms with E-state index in [1.807, 2.05) is 75.4 Å². The number of hydrogen-bond acceptors (Lipinski definition) is 3. The third-order valence-electron chi connectivity index (χ3n) is 3.68. The molecule has 0 bridgehead atoms. The summed E-state index contributed by atoms with van der Waals surface area (Å²) in [6.07, 6.45) is -0.169. The van der Waals surface area contributed by atoms with Crippen LogP contribution in [0.3, 0.4) is 0 Å². The zero-order valence-corrected chi connectivity index (χ0v) is 13.5. The van der Waals surface area contributed by atoms with E-state index < -0.39 is 0 Å². The number of esters is 1. The van der Waals surface area contributed by atoms with Gasteiger partial charge >= 0.3 is 5.97 Å². The van der Waals surface area contributed by atoms with Gasteiger partial charge in [0, 0.05) is 10.9 Å². The molecule has 0 amide bonds. The molecule has 3 aromatic rings. The Morgan fingerprint density at radius 3 is 2.35 bits per heavy atom. The molecule has 0 unspecified atom stereocenters. The number of rotatable bonds is 3. The van der Waals surface area contributed by atoms with Crippen LogP contribution in [0.5, 0.6) is 0 Å². The van der Waals surface area contributed by atoms with Crippen LogP contribution in [0.4, 0.5) is 0 Å². The van der Waals surface area contributed by atoms with Crippen molar-refractivity contribution >= 4 is 16.9 Å². The maximum absolute atomic E-state index is 12.7. The summed E-state index contributed by atoms with van der Waals surface area (Å²) in [6.45, 7) is 5.56. The summed E-state index contributed by atoms with van der Waals surface area (Å²) < 4.78 is 5.45. The van der Waals surface area contributed by atoms with Gasteiger partial charge in [-0.1, -0.05) is 48.5 Å². The zero-order chi connectivity index (χ0) is 16.4. The molecule has 23 heavy (non-hydrogen) atoms. The Labute approximate surface area is 135 Å². The maximum Gasteiger partial charge on any atom is 0.340 e. The Kier molecular flexibility index (Phi) is 4.11. The van der Waals surface area contributed by atoms with E-state index in [-0.39, 0.29) is 12.1 Å². The van der Waals surface area contributed by atoms with Crippen LogP contribution < -0.4 is 0 Å². The van der Waals surface area contributed by atoms with Crippen molar-refractivity contribution in [3.63, 3.8) is 0 Å². The van der Waals surface area contributed by atoms with Crippen molar-refractivity contribution in [2.24, 2.45) is 0 Å². The molecule has 2 aromatic carbocycles. The summed E-state index contributed by atoms with van der Waals surface area (Å²) in [7, 11) is 0. The lowest BCUT2D eigenvalue weighted by Gasteiger charge is -2.16. The van der Waals surface area contributed by atoms with E-state index in [0.29, 0.717) is 11.3 Å². The van der Waals surface area contributed by atoms with Gasteiger partial charge in [0.1, 0.15) is 0 Å². The van der Waals surface area contributed by atoms with Gasteiger partial charge in [0.05, 0.1) is 22.9 Å². The first-order valence-electron chi connectivity index (χ1n) is 7.73. The molecule has 0 saturated heterocycles. The average Bonchev–Trinajstić information content (AvgIpc) is 2.53. The molecule has 3 rings (SSSR count). The van der Waals surface area contributed by atoms with Gasteiger partial charge in [-0.15, -0.1) is 0 Å². The van der Waals surface area contributed by atoms with Crippen LogP contribution >= 0.6 is 0 Å². The monoisotopic (exact) mass is 305 g/mol. The highest BCUT2D eigenvalue weighted by molar-refractivity contribution is 6.07. The molecule has 0 aliphatic rings. The van der Waals surface area contributed by atoms with Crippen molar-refractivity contribution in [1.82, 2.24) is 4.98 Å². The van der Waals surface area contributed by atoms with Crippen LogP contribution in [0.2, 0.25) is 0 Å². The summed E-state index contributed by atoms with van der Waals surface area (Å²) in [5.74, 6) is -0.324. The number of ether oxygens (including phenoxy) is 1. The minimum Gasteiger partial charge on any atom is -0.459 e. The quantitative estimate of drug-likeness (QED) is 0.654. The fourth-order valence-corrected chi connectivity index (χ4v) is 2.76. The van der Waals surface area contributed by atoms with Crippen molar-refractivity contribution in [3.05, 3.63) is 65.9 Å². The first-order valence-corrected chi connectivity index (χ1v) is 7.73. The number of nitrogens with zero attached hydrogens (tertiary/aromatic N) is 1. The van der Waals surface area contributed by atoms with Crippen molar-refractivity contribution in [2.75, 3.05) is 0 Å². The molecule has 0 saturated carbocycles. The first kappa shape index (κ1) is 15.2. The predicted octanol–water partition coefficient (Wildman–Crippen LogP) is 4.78. The molecule has 0 N–H and O–H groups in total. The normalized spacial score (nSPS) is 11.0. The minimum absolute atomic E-state index is 0.169. The van der Waals surface area contributed by atoms with E-state index in [1.165, 1.54) is 0 Å². The van der Waals surface area contributed by atoms with E-state index in [0.717, 1.165) is 22.0 Å². The highest BCUT2D eigenvalue weighted by atomic mass is 16.5. The molecule has 0 fully saturated rings. The second kappa shape index (κ2) is 6.21. The lowest BCUT2D eigenvalue weighted by Crippen LogP contribution is -2.15. The molecular weight excluding hydrogens is 286 g/mol. The lowest BCUT2D eigenvalue weighted by molar-refractivity contribution is 0.0377. The predicted molar refractivity (Wildman–Crippen MR) is 92.5 cm³/mol. The Balaban J connectivity index is 2.34. The van der Waals surface area contributed by atoms with E-state index in [2.05, 4.69) is 4.98 Å². The molecule has 1 heterocycles. The van der Waals surface area contributed by atoms with Gasteiger partial charge in [-0.3, -0.25) is 4.98 Å². The average molecular weight is 305 g/mol. The number of aromatic nitrogens is 1. The van der Waals surface area contributed by atoms with Gasteiger partial charge in [0.2, 0.25) is 0 Å². The summed E-state index contributed by atoms with van der Waals surface area (Å²) in [5.41, 5.74) is 3.99. The number of pyridine rings is 1. The van der Waals surface area contributed by atoms with Crippen molar-refractivity contribution < 1.29 is 9.53 Å². The summed E-state index contributed by atoms with van der Waals surface area (Å²) in [4.78, 5) is 17.2. The fraction of sp³-hybridized carbons (Fsp3) is 0.200. The number of carbonyl (C=O) groups is 1. The van der Waals surface area contributed by atoms with E-state index in [4.69, 9.17) is 4.74 Å². The lowest BCUT2D eigenvalue weighted by atomic mass is 9.94. The zero-order valence-electron chi connectivity index (χ0n) is 13.5. The molecule has 0 atom stereocenters. The molecule has 1 aromatic heterocycles. The first-order chi connectivity index (χ1) is 11.1. The number of hydrogen-bond donors (Lipinski definition) is 0. The van der Waals surface area contributed by atoms with Crippen LogP contribution in [-0.4, -0.2) is 17.1 Å². The topological polar surface area (TPSA) is 39.2 Å². The van der Waals surface area contributed by atoms with Crippen molar-refractivity contribution in [2.45, 2.75) is 26.9 Å². The molecule has 0 radical (unpaired) electrons. The van der Waals surface area contributed by atoms with Crippen LogP contribution in [-0.2, 0) is 4.74 Å². The fourth-order valence-electron chi connectivity index (χ4n) is 2.76. The second-order valence-corrected chi connectivity index (χ2v) is 5.78. The largest absolute Gasteiger partial charge is 0.459 e. The van der Waals surface area contributed by atoms with Gasteiger partial charge in [0.15, 0.2) is 0 Å². The van der Waals surface area contributed by atoms with E-state index in [9.17, 15) is 4.79 Å². The maximum atomic E-state index is 12.7. The minimum atomic E-state index is -0.324. The number of fused-ring (bicyclic) bond motifs is 1. The highest BCUT2D eigenvalue weighted by Crippen LogP contribution is 2.33. The standard InChI is InChI=1S/C20H19NO2/c1-13(2)23-20(22)18-14(3)21-17-12-8-7-11-16(17)19(18)15-9-5-4-6-10-15/h4-13H,1-3H3. The number of aryl methyl sites for hydroxylation is 1. The summed E-state index contributed by atoms with van der Waals surface area (Å²) in [6, 6.07) is 17.8. The second-order valence-electron chi connectivity index (χ2n) is 5.78. The summed E-state index contributed by atoms with van der Waals surface area (Å²) in [5, 5.41) is 0.958. The van der Waals surface area contributed by atoms with Gasteiger partial charge in [-0.2, -0.15) is 0 Å². The molecular formula is C20H19NO2. The number of para-hydroxylation sites is 1.